The first kappa shape index (κ1) is 27.2. The molecule has 1 nitrogen and oxygen atoms in total. The number of benzene rings is 8. The van der Waals surface area contributed by atoms with E-state index in [0.29, 0.717) is 0 Å². The van der Waals surface area contributed by atoms with Crippen molar-refractivity contribution in [2.75, 3.05) is 0 Å². The lowest BCUT2D eigenvalue weighted by molar-refractivity contribution is 0.661. The summed E-state index contributed by atoms with van der Waals surface area (Å²) in [6.45, 7) is 4.74. The lowest BCUT2D eigenvalue weighted by Gasteiger charge is -2.21. The average molecular weight is 612 g/mol. The summed E-state index contributed by atoms with van der Waals surface area (Å²) in [5, 5.41) is 7.67. The topological polar surface area (TPSA) is 4.93 Å². The molecular weight excluding hydrogens is 579 g/mol. The monoisotopic (exact) mass is 611 g/mol. The van der Waals surface area contributed by atoms with E-state index in [1.807, 2.05) is 0 Å². The smallest absolute Gasteiger partial charge is 0.0544 e. The predicted molar refractivity (Wildman–Crippen MR) is 204 cm³/mol. The number of rotatable bonds is 3. The van der Waals surface area contributed by atoms with E-state index in [1.54, 1.807) is 0 Å². The van der Waals surface area contributed by atoms with Gasteiger partial charge in [-0.05, 0) is 102 Å². The molecule has 0 atom stereocenters. The molecule has 9 aromatic rings. The van der Waals surface area contributed by atoms with Gasteiger partial charge in [0.05, 0.1) is 11.0 Å². The summed E-state index contributed by atoms with van der Waals surface area (Å²) in [4.78, 5) is 0. The van der Waals surface area contributed by atoms with Crippen LogP contribution in [-0.2, 0) is 5.41 Å². The Morgan fingerprint density at radius 1 is 0.375 bits per heavy atom. The van der Waals surface area contributed by atoms with Gasteiger partial charge >= 0.3 is 0 Å². The van der Waals surface area contributed by atoms with E-state index in [-0.39, 0.29) is 5.41 Å². The van der Waals surface area contributed by atoms with Crippen LogP contribution in [0.1, 0.15) is 25.0 Å². The molecular formula is C47H33N. The van der Waals surface area contributed by atoms with Gasteiger partial charge in [-0.1, -0.05) is 141 Å². The molecule has 0 saturated carbocycles. The minimum absolute atomic E-state index is 0.0679. The van der Waals surface area contributed by atoms with Gasteiger partial charge in [0.2, 0.25) is 0 Å². The van der Waals surface area contributed by atoms with Crippen LogP contribution in [0.3, 0.4) is 0 Å². The second-order valence-electron chi connectivity index (χ2n) is 13.7. The Hall–Kier alpha value is -5.92. The Bertz CT molecular complexity index is 2670. The molecule has 10 rings (SSSR count). The quantitative estimate of drug-likeness (QED) is 0.175. The van der Waals surface area contributed by atoms with Crippen LogP contribution in [0.15, 0.2) is 164 Å². The van der Waals surface area contributed by atoms with Crippen LogP contribution in [-0.4, -0.2) is 4.57 Å². The standard InChI is InChI=1S/C47H33N/c1-47(2)41-24-14-13-19-33(41)38-28-40-39-27-31(25-26-43(39)48(44(40)29-42(38)47)32-17-7-4-8-18-32)46-36-22-11-9-20-34(36)45(30-15-5-3-6-16-30)35-21-10-12-23-37(35)46/h3-29H,1-2H3. The largest absolute Gasteiger partial charge is 0.309 e. The molecule has 0 unspecified atom stereocenters. The van der Waals surface area contributed by atoms with Crippen LogP contribution in [0.2, 0.25) is 0 Å². The molecule has 0 spiro atoms. The highest BCUT2D eigenvalue weighted by molar-refractivity contribution is 6.22. The Kier molecular flexibility index (Phi) is 5.69. The minimum atomic E-state index is -0.0679. The average Bonchev–Trinajstić information content (AvgIpc) is 3.57. The molecule has 1 heterocycles. The van der Waals surface area contributed by atoms with Gasteiger partial charge in [-0.15, -0.1) is 0 Å². The summed E-state index contributed by atoms with van der Waals surface area (Å²) in [6, 6.07) is 60.6. The molecule has 1 aromatic heterocycles. The van der Waals surface area contributed by atoms with Gasteiger partial charge in [-0.3, -0.25) is 0 Å². The Morgan fingerprint density at radius 3 is 1.58 bits per heavy atom. The Balaban J connectivity index is 1.32. The predicted octanol–water partition coefficient (Wildman–Crippen LogP) is 12.7. The second-order valence-corrected chi connectivity index (χ2v) is 13.7. The van der Waals surface area contributed by atoms with Crippen molar-refractivity contribution in [3.05, 3.63) is 175 Å². The van der Waals surface area contributed by atoms with E-state index in [0.717, 1.165) is 0 Å². The van der Waals surface area contributed by atoms with E-state index in [4.69, 9.17) is 0 Å². The summed E-state index contributed by atoms with van der Waals surface area (Å²) in [7, 11) is 0. The summed E-state index contributed by atoms with van der Waals surface area (Å²) >= 11 is 0. The highest BCUT2D eigenvalue weighted by Crippen LogP contribution is 2.51. The SMILES string of the molecule is CC1(C)c2ccccc2-c2cc3c4cc(-c5c6ccccc6c(-c6ccccc6)c6ccccc56)ccc4n(-c4ccccc4)c3cc21. The molecule has 0 amide bonds. The molecule has 1 aliphatic rings. The first-order valence-electron chi connectivity index (χ1n) is 16.9. The summed E-state index contributed by atoms with van der Waals surface area (Å²) < 4.78 is 2.46. The van der Waals surface area contributed by atoms with Gasteiger partial charge in [0, 0.05) is 21.9 Å². The fourth-order valence-corrected chi connectivity index (χ4v) is 8.58. The fraction of sp³-hybridized carbons (Fsp3) is 0.0638. The van der Waals surface area contributed by atoms with Crippen molar-refractivity contribution in [2.45, 2.75) is 19.3 Å². The van der Waals surface area contributed by atoms with Crippen molar-refractivity contribution in [2.24, 2.45) is 0 Å². The van der Waals surface area contributed by atoms with Gasteiger partial charge in [0.15, 0.2) is 0 Å². The number of fused-ring (bicyclic) bond motifs is 8. The van der Waals surface area contributed by atoms with E-state index in [9.17, 15) is 0 Å². The fourth-order valence-electron chi connectivity index (χ4n) is 8.58. The maximum Gasteiger partial charge on any atom is 0.0544 e. The van der Waals surface area contributed by atoms with Crippen molar-refractivity contribution in [3.63, 3.8) is 0 Å². The van der Waals surface area contributed by atoms with E-state index >= 15 is 0 Å². The van der Waals surface area contributed by atoms with E-state index in [2.05, 4.69) is 182 Å². The molecule has 0 fully saturated rings. The zero-order valence-corrected chi connectivity index (χ0v) is 27.0. The Morgan fingerprint density at radius 2 is 0.917 bits per heavy atom. The van der Waals surface area contributed by atoms with Crippen molar-refractivity contribution in [1.29, 1.82) is 0 Å². The third-order valence-electron chi connectivity index (χ3n) is 10.8. The van der Waals surface area contributed by atoms with Crippen LogP contribution in [0, 0.1) is 0 Å². The summed E-state index contributed by atoms with van der Waals surface area (Å²) in [5.41, 5.74) is 14.2. The molecule has 0 saturated heterocycles. The zero-order valence-electron chi connectivity index (χ0n) is 27.0. The van der Waals surface area contributed by atoms with E-state index < -0.39 is 0 Å². The number of nitrogens with zero attached hydrogens (tertiary/aromatic N) is 1. The third kappa shape index (κ3) is 3.73. The maximum atomic E-state index is 2.47. The third-order valence-corrected chi connectivity index (χ3v) is 10.8. The van der Waals surface area contributed by atoms with Gasteiger partial charge < -0.3 is 4.57 Å². The van der Waals surface area contributed by atoms with Crippen LogP contribution in [0.4, 0.5) is 0 Å². The van der Waals surface area contributed by atoms with Gasteiger partial charge in [-0.25, -0.2) is 0 Å². The molecule has 226 valence electrons. The van der Waals surface area contributed by atoms with Crippen molar-refractivity contribution in [1.82, 2.24) is 4.57 Å². The molecule has 0 bridgehead atoms. The number of aromatic nitrogens is 1. The molecule has 0 N–H and O–H groups in total. The number of hydrogen-bond acceptors (Lipinski definition) is 0. The lowest BCUT2D eigenvalue weighted by Crippen LogP contribution is -2.14. The van der Waals surface area contributed by atoms with Gasteiger partial charge in [0.1, 0.15) is 0 Å². The number of para-hydroxylation sites is 1. The van der Waals surface area contributed by atoms with Crippen molar-refractivity contribution in [3.8, 4) is 39.1 Å². The Labute approximate surface area is 280 Å². The van der Waals surface area contributed by atoms with Gasteiger partial charge in [0.25, 0.3) is 0 Å². The van der Waals surface area contributed by atoms with Gasteiger partial charge in [-0.2, -0.15) is 0 Å². The van der Waals surface area contributed by atoms with Crippen LogP contribution in [0.25, 0.3) is 82.4 Å². The van der Waals surface area contributed by atoms with Crippen LogP contribution >= 0.6 is 0 Å². The van der Waals surface area contributed by atoms with E-state index in [1.165, 1.54) is 93.5 Å². The molecule has 1 aliphatic carbocycles. The second kappa shape index (κ2) is 10.0. The zero-order chi connectivity index (χ0) is 32.0. The van der Waals surface area contributed by atoms with Crippen LogP contribution in [0.5, 0.6) is 0 Å². The molecule has 0 radical (unpaired) electrons. The highest BCUT2D eigenvalue weighted by Gasteiger charge is 2.36. The molecule has 0 aliphatic heterocycles. The van der Waals surface area contributed by atoms with Crippen molar-refractivity contribution >= 4 is 43.4 Å². The van der Waals surface area contributed by atoms with Crippen molar-refractivity contribution < 1.29 is 0 Å². The first-order chi connectivity index (χ1) is 23.6. The number of hydrogen-bond donors (Lipinski definition) is 0. The normalized spacial score (nSPS) is 13.4. The molecule has 8 aromatic carbocycles. The highest BCUT2D eigenvalue weighted by atomic mass is 15.0. The minimum Gasteiger partial charge on any atom is -0.309 e. The van der Waals surface area contributed by atoms with Crippen LogP contribution < -0.4 is 0 Å². The maximum absolute atomic E-state index is 2.47. The first-order valence-corrected chi connectivity index (χ1v) is 16.9. The summed E-state index contributed by atoms with van der Waals surface area (Å²) in [5.74, 6) is 0. The molecule has 1 heteroatoms. The lowest BCUT2D eigenvalue weighted by atomic mass is 9.82. The summed E-state index contributed by atoms with van der Waals surface area (Å²) in [6.07, 6.45) is 0. The molecule has 48 heavy (non-hydrogen) atoms.